The van der Waals surface area contributed by atoms with E-state index in [4.69, 9.17) is 0 Å². The Morgan fingerprint density at radius 3 is 2.52 bits per heavy atom. The van der Waals surface area contributed by atoms with Crippen LogP contribution in [0.15, 0.2) is 48.5 Å². The van der Waals surface area contributed by atoms with Gasteiger partial charge in [-0.1, -0.05) is 24.3 Å². The van der Waals surface area contributed by atoms with Crippen molar-refractivity contribution in [3.8, 4) is 0 Å². The van der Waals surface area contributed by atoms with Crippen LogP contribution in [0.3, 0.4) is 0 Å². The number of carbonyl (C=O) groups excluding carboxylic acids is 2. The van der Waals surface area contributed by atoms with E-state index < -0.39 is 0 Å². The van der Waals surface area contributed by atoms with Gasteiger partial charge >= 0.3 is 6.03 Å². The molecule has 1 fully saturated rings. The van der Waals surface area contributed by atoms with Gasteiger partial charge in [0.1, 0.15) is 0 Å². The maximum atomic E-state index is 12.4. The van der Waals surface area contributed by atoms with Gasteiger partial charge in [0, 0.05) is 31.4 Å². The zero-order chi connectivity index (χ0) is 18.0. The third-order valence-electron chi connectivity index (χ3n) is 4.70. The Balaban J connectivity index is 1.66. The average molecular weight is 337 g/mol. The van der Waals surface area contributed by atoms with Gasteiger partial charge in [0.25, 0.3) is 0 Å². The lowest BCUT2D eigenvalue weighted by atomic mass is 10.1. The molecule has 130 valence electrons. The minimum absolute atomic E-state index is 0.0379. The molecule has 0 radical (unpaired) electrons. The number of nitrogens with zero attached hydrogens (tertiary/aromatic N) is 2. The highest BCUT2D eigenvalue weighted by Gasteiger charge is 2.32. The molecule has 0 aliphatic carbocycles. The van der Waals surface area contributed by atoms with Crippen LogP contribution in [-0.2, 0) is 4.79 Å². The van der Waals surface area contributed by atoms with Crippen LogP contribution in [-0.4, -0.2) is 31.6 Å². The first-order valence-electron chi connectivity index (χ1n) is 8.42. The number of anilines is 2. The highest BCUT2D eigenvalue weighted by molar-refractivity contribution is 5.98. The van der Waals surface area contributed by atoms with Crippen molar-refractivity contribution >= 4 is 23.3 Å². The van der Waals surface area contributed by atoms with Gasteiger partial charge in [-0.2, -0.15) is 0 Å². The number of urea groups is 1. The van der Waals surface area contributed by atoms with Crippen LogP contribution in [0.4, 0.5) is 16.2 Å². The van der Waals surface area contributed by atoms with Crippen molar-refractivity contribution in [2.45, 2.75) is 26.3 Å². The summed E-state index contributed by atoms with van der Waals surface area (Å²) in [5, 5.41) is 2.96. The Bertz CT molecular complexity index is 789. The summed E-state index contributed by atoms with van der Waals surface area (Å²) in [5.74, 6) is 0.0379. The third-order valence-corrected chi connectivity index (χ3v) is 4.70. The molecule has 1 aliphatic rings. The number of amides is 3. The Kier molecular flexibility index (Phi) is 4.74. The number of para-hydroxylation sites is 1. The van der Waals surface area contributed by atoms with E-state index >= 15 is 0 Å². The van der Waals surface area contributed by atoms with Crippen molar-refractivity contribution in [2.24, 2.45) is 0 Å². The van der Waals surface area contributed by atoms with E-state index in [1.54, 1.807) is 16.8 Å². The van der Waals surface area contributed by atoms with Crippen LogP contribution >= 0.6 is 0 Å². The summed E-state index contributed by atoms with van der Waals surface area (Å²) in [6, 6.07) is 15.0. The van der Waals surface area contributed by atoms with E-state index in [2.05, 4.69) is 5.32 Å². The monoisotopic (exact) mass is 337 g/mol. The van der Waals surface area contributed by atoms with E-state index in [1.165, 1.54) is 5.56 Å². The SMILES string of the molecule is Cc1ccc(N2CC(NC(=O)N(C)c3ccccc3)CC2=O)cc1C. The number of hydrogen-bond donors (Lipinski definition) is 1. The van der Waals surface area contributed by atoms with Gasteiger partial charge in [-0.3, -0.25) is 9.69 Å². The lowest BCUT2D eigenvalue weighted by molar-refractivity contribution is -0.117. The summed E-state index contributed by atoms with van der Waals surface area (Å²) >= 11 is 0. The molecule has 1 heterocycles. The molecule has 1 saturated heterocycles. The van der Waals surface area contributed by atoms with Crippen LogP contribution in [0.1, 0.15) is 17.5 Å². The molecule has 1 atom stereocenters. The zero-order valence-electron chi connectivity index (χ0n) is 14.8. The Morgan fingerprint density at radius 2 is 1.84 bits per heavy atom. The fourth-order valence-electron chi connectivity index (χ4n) is 2.99. The van der Waals surface area contributed by atoms with Gasteiger partial charge in [-0.25, -0.2) is 4.79 Å². The van der Waals surface area contributed by atoms with Crippen LogP contribution in [0.25, 0.3) is 0 Å². The second kappa shape index (κ2) is 6.97. The third kappa shape index (κ3) is 3.65. The highest BCUT2D eigenvalue weighted by Crippen LogP contribution is 2.24. The van der Waals surface area contributed by atoms with Gasteiger partial charge < -0.3 is 10.2 Å². The molecule has 5 heteroatoms. The molecule has 0 bridgehead atoms. The van der Waals surface area contributed by atoms with E-state index in [1.807, 2.05) is 62.4 Å². The van der Waals surface area contributed by atoms with E-state index in [0.29, 0.717) is 13.0 Å². The van der Waals surface area contributed by atoms with Crippen LogP contribution in [0.5, 0.6) is 0 Å². The first-order chi connectivity index (χ1) is 12.0. The van der Waals surface area contributed by atoms with Gasteiger partial charge in [-0.15, -0.1) is 0 Å². The molecule has 3 rings (SSSR count). The molecule has 0 saturated carbocycles. The zero-order valence-corrected chi connectivity index (χ0v) is 14.8. The van der Waals surface area contributed by atoms with Crippen LogP contribution in [0, 0.1) is 13.8 Å². The predicted octanol–water partition coefficient (Wildman–Crippen LogP) is 3.25. The lowest BCUT2D eigenvalue weighted by Gasteiger charge is -2.21. The maximum absolute atomic E-state index is 12.4. The van der Waals surface area contributed by atoms with Gasteiger partial charge in [0.05, 0.1) is 6.04 Å². The molecule has 3 amide bonds. The minimum Gasteiger partial charge on any atom is -0.333 e. The first kappa shape index (κ1) is 17.0. The van der Waals surface area contributed by atoms with Crippen LogP contribution < -0.4 is 15.1 Å². The van der Waals surface area contributed by atoms with Crippen molar-refractivity contribution in [1.29, 1.82) is 0 Å². The summed E-state index contributed by atoms with van der Waals surface area (Å²) in [6.45, 7) is 4.58. The number of hydrogen-bond acceptors (Lipinski definition) is 2. The van der Waals surface area contributed by atoms with E-state index in [-0.39, 0.29) is 18.0 Å². The standard InChI is InChI=1S/C20H23N3O2/c1-14-9-10-18(11-15(14)2)23-13-16(12-19(23)24)21-20(25)22(3)17-7-5-4-6-8-17/h4-11,16H,12-13H2,1-3H3,(H,21,25). The molecule has 1 aliphatic heterocycles. The quantitative estimate of drug-likeness (QED) is 0.935. The second-order valence-electron chi connectivity index (χ2n) is 6.52. The maximum Gasteiger partial charge on any atom is 0.321 e. The summed E-state index contributed by atoms with van der Waals surface area (Å²) in [7, 11) is 1.72. The molecule has 5 nitrogen and oxygen atoms in total. The predicted molar refractivity (Wildman–Crippen MR) is 100 cm³/mol. The molecule has 0 spiro atoms. The van der Waals surface area contributed by atoms with E-state index in [0.717, 1.165) is 16.9 Å². The summed E-state index contributed by atoms with van der Waals surface area (Å²) in [6.07, 6.45) is 0.321. The van der Waals surface area contributed by atoms with Crippen molar-refractivity contribution < 1.29 is 9.59 Å². The minimum atomic E-state index is -0.203. The van der Waals surface area contributed by atoms with E-state index in [9.17, 15) is 9.59 Å². The number of carbonyl (C=O) groups is 2. The topological polar surface area (TPSA) is 52.7 Å². The fraction of sp³-hybridized carbons (Fsp3) is 0.300. The normalized spacial score (nSPS) is 16.8. The lowest BCUT2D eigenvalue weighted by Crippen LogP contribution is -2.44. The summed E-state index contributed by atoms with van der Waals surface area (Å²) < 4.78 is 0. The van der Waals surface area contributed by atoms with Crippen molar-refractivity contribution in [1.82, 2.24) is 5.32 Å². The fourth-order valence-corrected chi connectivity index (χ4v) is 2.99. The first-order valence-corrected chi connectivity index (χ1v) is 8.42. The van der Waals surface area contributed by atoms with Crippen molar-refractivity contribution in [2.75, 3.05) is 23.4 Å². The molecular weight excluding hydrogens is 314 g/mol. The number of aryl methyl sites for hydroxylation is 2. The van der Waals surface area contributed by atoms with Gasteiger partial charge in [0.2, 0.25) is 5.91 Å². The number of nitrogens with one attached hydrogen (secondary N) is 1. The van der Waals surface area contributed by atoms with Crippen molar-refractivity contribution in [3.63, 3.8) is 0 Å². The average Bonchev–Trinajstić information content (AvgIpc) is 2.97. The molecule has 1 unspecified atom stereocenters. The molecule has 2 aromatic rings. The Labute approximate surface area is 148 Å². The second-order valence-corrected chi connectivity index (χ2v) is 6.52. The molecule has 25 heavy (non-hydrogen) atoms. The Hall–Kier alpha value is -2.82. The van der Waals surface area contributed by atoms with Crippen LogP contribution in [0.2, 0.25) is 0 Å². The number of rotatable bonds is 3. The highest BCUT2D eigenvalue weighted by atomic mass is 16.2. The molecule has 1 N–H and O–H groups in total. The molecule has 0 aromatic heterocycles. The smallest absolute Gasteiger partial charge is 0.321 e. The molecular formula is C20H23N3O2. The summed E-state index contributed by atoms with van der Waals surface area (Å²) in [4.78, 5) is 28.1. The van der Waals surface area contributed by atoms with Gasteiger partial charge in [-0.05, 0) is 49.2 Å². The molecule has 2 aromatic carbocycles. The summed E-state index contributed by atoms with van der Waals surface area (Å²) in [5.41, 5.74) is 4.06. The number of benzene rings is 2. The van der Waals surface area contributed by atoms with Gasteiger partial charge in [0.15, 0.2) is 0 Å². The largest absolute Gasteiger partial charge is 0.333 e. The van der Waals surface area contributed by atoms with Crippen molar-refractivity contribution in [3.05, 3.63) is 59.7 Å². The Morgan fingerprint density at radius 1 is 1.12 bits per heavy atom.